The maximum Gasteiger partial charge on any atom is 0.259 e. The third kappa shape index (κ3) is 3.44. The van der Waals surface area contributed by atoms with Crippen molar-refractivity contribution < 1.29 is 4.79 Å². The standard InChI is InChI=1S/C20H12Cl2N2OS/c21-15-7-8-17(22)16(10-15)19(25)24-20-23-18(11-26-20)14-6-5-12-3-1-2-4-13(12)9-14/h1-11H,(H,23,24,25). The second kappa shape index (κ2) is 7.08. The number of rotatable bonds is 3. The van der Waals surface area contributed by atoms with E-state index in [-0.39, 0.29) is 5.91 Å². The highest BCUT2D eigenvalue weighted by atomic mass is 35.5. The first-order valence-electron chi connectivity index (χ1n) is 7.81. The summed E-state index contributed by atoms with van der Waals surface area (Å²) < 4.78 is 0. The summed E-state index contributed by atoms with van der Waals surface area (Å²) in [5, 5.41) is 8.33. The van der Waals surface area contributed by atoms with Gasteiger partial charge in [-0.2, -0.15) is 0 Å². The van der Waals surface area contributed by atoms with Crippen molar-refractivity contribution in [2.45, 2.75) is 0 Å². The Morgan fingerprint density at radius 1 is 0.962 bits per heavy atom. The lowest BCUT2D eigenvalue weighted by molar-refractivity contribution is 0.102. The molecule has 0 unspecified atom stereocenters. The van der Waals surface area contributed by atoms with E-state index < -0.39 is 0 Å². The van der Waals surface area contributed by atoms with Gasteiger partial charge in [0, 0.05) is 16.0 Å². The van der Waals surface area contributed by atoms with Gasteiger partial charge in [0.1, 0.15) is 0 Å². The molecule has 128 valence electrons. The summed E-state index contributed by atoms with van der Waals surface area (Å²) in [5.41, 5.74) is 2.14. The minimum Gasteiger partial charge on any atom is -0.298 e. The lowest BCUT2D eigenvalue weighted by atomic mass is 10.1. The van der Waals surface area contributed by atoms with Gasteiger partial charge >= 0.3 is 0 Å². The molecule has 1 amide bonds. The molecule has 0 spiro atoms. The molecule has 26 heavy (non-hydrogen) atoms. The zero-order valence-corrected chi connectivity index (χ0v) is 15.7. The monoisotopic (exact) mass is 398 g/mol. The third-order valence-electron chi connectivity index (χ3n) is 3.94. The molecule has 1 aromatic heterocycles. The number of benzene rings is 3. The quantitative estimate of drug-likeness (QED) is 0.426. The number of nitrogens with one attached hydrogen (secondary N) is 1. The van der Waals surface area contributed by atoms with Gasteiger partial charge in [-0.15, -0.1) is 11.3 Å². The Hall–Kier alpha value is -2.40. The van der Waals surface area contributed by atoms with Crippen LogP contribution in [0.3, 0.4) is 0 Å². The van der Waals surface area contributed by atoms with E-state index in [0.717, 1.165) is 16.6 Å². The van der Waals surface area contributed by atoms with E-state index in [9.17, 15) is 4.79 Å². The fourth-order valence-electron chi connectivity index (χ4n) is 2.65. The summed E-state index contributed by atoms with van der Waals surface area (Å²) in [5.74, 6) is -0.336. The Morgan fingerprint density at radius 3 is 2.62 bits per heavy atom. The molecule has 0 fully saturated rings. The van der Waals surface area contributed by atoms with Crippen molar-refractivity contribution in [3.63, 3.8) is 0 Å². The predicted octanol–water partition coefficient (Wildman–Crippen LogP) is 6.52. The molecule has 0 atom stereocenters. The number of aromatic nitrogens is 1. The molecule has 6 heteroatoms. The predicted molar refractivity (Wildman–Crippen MR) is 109 cm³/mol. The first-order valence-corrected chi connectivity index (χ1v) is 9.45. The van der Waals surface area contributed by atoms with E-state index in [1.54, 1.807) is 12.1 Å². The number of halogens is 2. The average molecular weight is 399 g/mol. The lowest BCUT2D eigenvalue weighted by Crippen LogP contribution is -2.12. The number of carbonyl (C=O) groups excluding carboxylic acids is 1. The Balaban J connectivity index is 1.59. The third-order valence-corrected chi connectivity index (χ3v) is 5.27. The Labute approximate surface area is 164 Å². The van der Waals surface area contributed by atoms with Crippen LogP contribution in [0.4, 0.5) is 5.13 Å². The molecule has 0 saturated carbocycles. The van der Waals surface area contributed by atoms with Crippen LogP contribution in [0.1, 0.15) is 10.4 Å². The van der Waals surface area contributed by atoms with Crippen molar-refractivity contribution in [3.8, 4) is 11.3 Å². The molecule has 0 saturated heterocycles. The second-order valence-corrected chi connectivity index (χ2v) is 7.38. The van der Waals surface area contributed by atoms with Gasteiger partial charge in [0.2, 0.25) is 0 Å². The van der Waals surface area contributed by atoms with Crippen LogP contribution in [0, 0.1) is 0 Å². The van der Waals surface area contributed by atoms with Crippen molar-refractivity contribution in [1.82, 2.24) is 4.98 Å². The molecule has 0 bridgehead atoms. The van der Waals surface area contributed by atoms with Gasteiger partial charge in [-0.1, -0.05) is 59.6 Å². The lowest BCUT2D eigenvalue weighted by Gasteiger charge is -2.04. The SMILES string of the molecule is O=C(Nc1nc(-c2ccc3ccccc3c2)cs1)c1cc(Cl)ccc1Cl. The number of hydrogen-bond acceptors (Lipinski definition) is 3. The van der Waals surface area contributed by atoms with E-state index in [2.05, 4.69) is 34.6 Å². The molecule has 0 aliphatic rings. The van der Waals surface area contributed by atoms with Crippen molar-refractivity contribution in [3.05, 3.63) is 81.7 Å². The zero-order chi connectivity index (χ0) is 18.1. The minimum absolute atomic E-state index is 0.321. The first-order chi connectivity index (χ1) is 12.6. The highest BCUT2D eigenvalue weighted by Crippen LogP contribution is 2.28. The van der Waals surface area contributed by atoms with Gasteiger partial charge in [-0.3, -0.25) is 10.1 Å². The summed E-state index contributed by atoms with van der Waals surface area (Å²) in [6.45, 7) is 0. The highest BCUT2D eigenvalue weighted by Gasteiger charge is 2.14. The Kier molecular flexibility index (Phi) is 4.64. The summed E-state index contributed by atoms with van der Waals surface area (Å²) in [6, 6.07) is 19.1. The topological polar surface area (TPSA) is 42.0 Å². The van der Waals surface area contributed by atoms with E-state index in [4.69, 9.17) is 23.2 Å². The van der Waals surface area contributed by atoms with Crippen molar-refractivity contribution >= 4 is 56.3 Å². The molecule has 0 aliphatic carbocycles. The molecule has 4 aromatic rings. The van der Waals surface area contributed by atoms with E-state index >= 15 is 0 Å². The van der Waals surface area contributed by atoms with Crippen LogP contribution in [0.5, 0.6) is 0 Å². The van der Waals surface area contributed by atoms with E-state index in [0.29, 0.717) is 20.7 Å². The highest BCUT2D eigenvalue weighted by molar-refractivity contribution is 7.14. The van der Waals surface area contributed by atoms with Gasteiger partial charge in [0.25, 0.3) is 5.91 Å². The van der Waals surface area contributed by atoms with E-state index in [1.807, 2.05) is 23.6 Å². The number of thiazole rings is 1. The summed E-state index contributed by atoms with van der Waals surface area (Å²) in [7, 11) is 0. The van der Waals surface area contributed by atoms with Crippen LogP contribution in [0.25, 0.3) is 22.0 Å². The molecule has 4 rings (SSSR count). The molecule has 0 radical (unpaired) electrons. The molecular formula is C20H12Cl2N2OS. The minimum atomic E-state index is -0.336. The van der Waals surface area contributed by atoms with E-state index in [1.165, 1.54) is 22.8 Å². The molecule has 0 aliphatic heterocycles. The Bertz CT molecular complexity index is 1120. The van der Waals surface area contributed by atoms with Gasteiger partial charge < -0.3 is 0 Å². The van der Waals surface area contributed by atoms with Gasteiger partial charge in [-0.25, -0.2) is 4.98 Å². The van der Waals surface area contributed by atoms with Crippen LogP contribution in [-0.2, 0) is 0 Å². The number of hydrogen-bond donors (Lipinski definition) is 1. The Morgan fingerprint density at radius 2 is 1.77 bits per heavy atom. The zero-order valence-electron chi connectivity index (χ0n) is 13.4. The van der Waals surface area contributed by atoms with Crippen LogP contribution < -0.4 is 5.32 Å². The first kappa shape index (κ1) is 17.0. The fourth-order valence-corrected chi connectivity index (χ4v) is 3.74. The number of anilines is 1. The smallest absolute Gasteiger partial charge is 0.259 e. The van der Waals surface area contributed by atoms with Crippen LogP contribution in [-0.4, -0.2) is 10.9 Å². The number of fused-ring (bicyclic) bond motifs is 1. The maximum absolute atomic E-state index is 12.4. The number of amides is 1. The van der Waals surface area contributed by atoms with Crippen molar-refractivity contribution in [1.29, 1.82) is 0 Å². The maximum atomic E-state index is 12.4. The second-order valence-electron chi connectivity index (χ2n) is 5.68. The van der Waals surface area contributed by atoms with Crippen LogP contribution >= 0.6 is 34.5 Å². The molecule has 3 aromatic carbocycles. The van der Waals surface area contributed by atoms with Crippen LogP contribution in [0.2, 0.25) is 10.0 Å². The fraction of sp³-hybridized carbons (Fsp3) is 0. The van der Waals surface area contributed by atoms with Crippen LogP contribution in [0.15, 0.2) is 66.0 Å². The summed E-state index contributed by atoms with van der Waals surface area (Å²) in [4.78, 5) is 16.9. The largest absolute Gasteiger partial charge is 0.298 e. The summed E-state index contributed by atoms with van der Waals surface area (Å²) >= 11 is 13.4. The normalized spacial score (nSPS) is 10.8. The number of carbonyl (C=O) groups is 1. The molecule has 1 N–H and O–H groups in total. The summed E-state index contributed by atoms with van der Waals surface area (Å²) in [6.07, 6.45) is 0. The van der Waals surface area contributed by atoms with Gasteiger partial charge in [-0.05, 0) is 35.0 Å². The van der Waals surface area contributed by atoms with Crippen molar-refractivity contribution in [2.24, 2.45) is 0 Å². The van der Waals surface area contributed by atoms with Gasteiger partial charge in [0.05, 0.1) is 16.3 Å². The average Bonchev–Trinajstić information content (AvgIpc) is 3.11. The van der Waals surface area contributed by atoms with Gasteiger partial charge in [0.15, 0.2) is 5.13 Å². The number of nitrogens with zero attached hydrogens (tertiary/aromatic N) is 1. The molecule has 3 nitrogen and oxygen atoms in total. The molecule has 1 heterocycles. The molecular weight excluding hydrogens is 387 g/mol. The van der Waals surface area contributed by atoms with Crippen molar-refractivity contribution in [2.75, 3.05) is 5.32 Å².